The van der Waals surface area contributed by atoms with Gasteiger partial charge in [-0.2, -0.15) is 0 Å². The molecule has 1 rings (SSSR count). The number of nitrogens with zero attached hydrogens (tertiary/aromatic N) is 2. The van der Waals surface area contributed by atoms with Gasteiger partial charge < -0.3 is 10.2 Å². The van der Waals surface area contributed by atoms with Gasteiger partial charge in [-0.15, -0.1) is 0 Å². The topological polar surface area (TPSA) is 18.5 Å². The number of piperazine rings is 1. The van der Waals surface area contributed by atoms with E-state index in [1.54, 1.807) is 0 Å². The van der Waals surface area contributed by atoms with E-state index in [9.17, 15) is 0 Å². The van der Waals surface area contributed by atoms with Gasteiger partial charge in [-0.3, -0.25) is 4.90 Å². The highest BCUT2D eigenvalue weighted by atomic mass is 15.2. The molecule has 102 valence electrons. The predicted octanol–water partition coefficient (Wildman–Crippen LogP) is 1.65. The van der Waals surface area contributed by atoms with Crippen LogP contribution in [0.4, 0.5) is 0 Å². The molecule has 2 unspecified atom stereocenters. The standard InChI is InChI=1S/C14H31N3/c1-12(2)10-14-11-17(9-7-15-14)13(3)6-8-16(4)5/h12-15H,6-11H2,1-5H3. The summed E-state index contributed by atoms with van der Waals surface area (Å²) in [6, 6.07) is 1.42. The molecule has 0 aromatic rings. The Balaban J connectivity index is 2.32. The summed E-state index contributed by atoms with van der Waals surface area (Å²) in [6.45, 7) is 11.8. The van der Waals surface area contributed by atoms with Crippen LogP contribution >= 0.6 is 0 Å². The largest absolute Gasteiger partial charge is 0.311 e. The second kappa shape index (κ2) is 7.34. The van der Waals surface area contributed by atoms with E-state index in [0.29, 0.717) is 12.1 Å². The van der Waals surface area contributed by atoms with Crippen LogP contribution in [0.15, 0.2) is 0 Å². The van der Waals surface area contributed by atoms with E-state index in [1.165, 1.54) is 32.5 Å². The summed E-state index contributed by atoms with van der Waals surface area (Å²) in [7, 11) is 4.32. The number of hydrogen-bond donors (Lipinski definition) is 1. The highest BCUT2D eigenvalue weighted by Crippen LogP contribution is 2.13. The smallest absolute Gasteiger partial charge is 0.0198 e. The quantitative estimate of drug-likeness (QED) is 0.763. The first-order chi connectivity index (χ1) is 7.99. The van der Waals surface area contributed by atoms with E-state index in [-0.39, 0.29) is 0 Å². The fraction of sp³-hybridized carbons (Fsp3) is 1.00. The Morgan fingerprint density at radius 2 is 2.00 bits per heavy atom. The summed E-state index contributed by atoms with van der Waals surface area (Å²) in [5.74, 6) is 0.796. The zero-order valence-corrected chi connectivity index (χ0v) is 12.4. The molecular weight excluding hydrogens is 210 g/mol. The zero-order valence-electron chi connectivity index (χ0n) is 12.4. The summed E-state index contributed by atoms with van der Waals surface area (Å²) in [5.41, 5.74) is 0. The van der Waals surface area contributed by atoms with Crippen LogP contribution in [0, 0.1) is 5.92 Å². The minimum absolute atomic E-state index is 0.700. The van der Waals surface area contributed by atoms with Gasteiger partial charge in [-0.1, -0.05) is 13.8 Å². The van der Waals surface area contributed by atoms with E-state index in [1.807, 2.05) is 0 Å². The zero-order chi connectivity index (χ0) is 12.8. The van der Waals surface area contributed by atoms with Gasteiger partial charge in [0.15, 0.2) is 0 Å². The Hall–Kier alpha value is -0.120. The molecule has 0 spiro atoms. The average Bonchev–Trinajstić information content (AvgIpc) is 2.25. The molecule has 0 amide bonds. The second-order valence-corrected chi connectivity index (χ2v) is 6.22. The maximum Gasteiger partial charge on any atom is 0.0198 e. The monoisotopic (exact) mass is 241 g/mol. The number of nitrogens with one attached hydrogen (secondary N) is 1. The molecule has 1 aliphatic rings. The number of rotatable bonds is 6. The van der Waals surface area contributed by atoms with Crippen molar-refractivity contribution in [1.29, 1.82) is 0 Å². The normalized spacial score (nSPS) is 24.5. The third-order valence-corrected chi connectivity index (χ3v) is 3.66. The van der Waals surface area contributed by atoms with Crippen LogP contribution in [-0.4, -0.2) is 62.2 Å². The van der Waals surface area contributed by atoms with E-state index in [2.05, 4.69) is 50.0 Å². The van der Waals surface area contributed by atoms with Crippen LogP contribution in [0.25, 0.3) is 0 Å². The van der Waals surface area contributed by atoms with E-state index in [4.69, 9.17) is 0 Å². The van der Waals surface area contributed by atoms with Crippen LogP contribution in [0.1, 0.15) is 33.6 Å². The third kappa shape index (κ3) is 5.84. The van der Waals surface area contributed by atoms with Crippen molar-refractivity contribution in [2.45, 2.75) is 45.7 Å². The van der Waals surface area contributed by atoms with E-state index in [0.717, 1.165) is 12.5 Å². The summed E-state index contributed by atoms with van der Waals surface area (Å²) in [5, 5.41) is 3.65. The van der Waals surface area contributed by atoms with Crippen LogP contribution in [0.3, 0.4) is 0 Å². The molecule has 0 bridgehead atoms. The summed E-state index contributed by atoms with van der Waals surface area (Å²) >= 11 is 0. The van der Waals surface area contributed by atoms with Crippen LogP contribution < -0.4 is 5.32 Å². The molecule has 1 fully saturated rings. The third-order valence-electron chi connectivity index (χ3n) is 3.66. The van der Waals surface area contributed by atoms with Crippen molar-refractivity contribution < 1.29 is 0 Å². The van der Waals surface area contributed by atoms with E-state index < -0.39 is 0 Å². The Labute approximate surface area is 108 Å². The summed E-state index contributed by atoms with van der Waals surface area (Å²) in [6.07, 6.45) is 2.58. The molecule has 1 N–H and O–H groups in total. The highest BCUT2D eigenvalue weighted by molar-refractivity contribution is 4.82. The first-order valence-electron chi connectivity index (χ1n) is 7.11. The minimum atomic E-state index is 0.700. The van der Waals surface area contributed by atoms with Gasteiger partial charge in [0.1, 0.15) is 0 Å². The maximum atomic E-state index is 3.65. The predicted molar refractivity (Wildman–Crippen MR) is 75.5 cm³/mol. The molecule has 1 heterocycles. The van der Waals surface area contributed by atoms with Crippen LogP contribution in [0.5, 0.6) is 0 Å². The molecule has 0 aromatic carbocycles. The van der Waals surface area contributed by atoms with Gasteiger partial charge in [-0.25, -0.2) is 0 Å². The van der Waals surface area contributed by atoms with E-state index >= 15 is 0 Å². The molecule has 3 nitrogen and oxygen atoms in total. The maximum absolute atomic E-state index is 3.65. The van der Waals surface area contributed by atoms with Crippen molar-refractivity contribution in [3.05, 3.63) is 0 Å². The first kappa shape index (κ1) is 14.9. The molecule has 0 saturated carbocycles. The molecule has 0 aliphatic carbocycles. The fourth-order valence-electron chi connectivity index (χ4n) is 2.61. The van der Waals surface area contributed by atoms with Crippen molar-refractivity contribution in [2.24, 2.45) is 5.92 Å². The fourth-order valence-corrected chi connectivity index (χ4v) is 2.61. The molecule has 1 saturated heterocycles. The lowest BCUT2D eigenvalue weighted by molar-refractivity contribution is 0.132. The Kier molecular flexibility index (Phi) is 6.45. The van der Waals surface area contributed by atoms with Gasteiger partial charge in [0, 0.05) is 31.7 Å². The van der Waals surface area contributed by atoms with Crippen molar-refractivity contribution >= 4 is 0 Å². The van der Waals surface area contributed by atoms with Crippen LogP contribution in [-0.2, 0) is 0 Å². The van der Waals surface area contributed by atoms with Gasteiger partial charge in [0.05, 0.1) is 0 Å². The Morgan fingerprint density at radius 3 is 2.59 bits per heavy atom. The van der Waals surface area contributed by atoms with Crippen molar-refractivity contribution in [2.75, 3.05) is 40.3 Å². The van der Waals surface area contributed by atoms with Gasteiger partial charge in [-0.05, 0) is 46.3 Å². The van der Waals surface area contributed by atoms with Crippen molar-refractivity contribution in [1.82, 2.24) is 15.1 Å². The molecule has 17 heavy (non-hydrogen) atoms. The Morgan fingerprint density at radius 1 is 1.29 bits per heavy atom. The minimum Gasteiger partial charge on any atom is -0.311 e. The van der Waals surface area contributed by atoms with Gasteiger partial charge in [0.25, 0.3) is 0 Å². The SMILES string of the molecule is CC(C)CC1CN(C(C)CCN(C)C)CCN1. The lowest BCUT2D eigenvalue weighted by atomic mass is 10.0. The highest BCUT2D eigenvalue weighted by Gasteiger charge is 2.23. The lowest BCUT2D eigenvalue weighted by Crippen LogP contribution is -2.54. The Bertz CT molecular complexity index is 204. The summed E-state index contributed by atoms with van der Waals surface area (Å²) < 4.78 is 0. The average molecular weight is 241 g/mol. The van der Waals surface area contributed by atoms with Gasteiger partial charge in [0.2, 0.25) is 0 Å². The molecule has 0 radical (unpaired) electrons. The van der Waals surface area contributed by atoms with Crippen LogP contribution in [0.2, 0.25) is 0 Å². The van der Waals surface area contributed by atoms with Gasteiger partial charge >= 0.3 is 0 Å². The first-order valence-corrected chi connectivity index (χ1v) is 7.11. The molecular formula is C14H31N3. The molecule has 3 heteroatoms. The summed E-state index contributed by atoms with van der Waals surface area (Å²) in [4.78, 5) is 4.94. The molecule has 0 aromatic heterocycles. The molecule has 2 atom stereocenters. The second-order valence-electron chi connectivity index (χ2n) is 6.22. The van der Waals surface area contributed by atoms with Crippen molar-refractivity contribution in [3.8, 4) is 0 Å². The molecule has 1 aliphatic heterocycles. The number of hydrogen-bond acceptors (Lipinski definition) is 3. The van der Waals surface area contributed by atoms with Crippen molar-refractivity contribution in [3.63, 3.8) is 0 Å². The lowest BCUT2D eigenvalue weighted by Gasteiger charge is -2.38.